The quantitative estimate of drug-likeness (QED) is 0.676. The topological polar surface area (TPSA) is 59.3 Å². The molecule has 0 atom stereocenters. The maximum absolute atomic E-state index is 12.3. The van der Waals surface area contributed by atoms with Crippen LogP contribution in [0.4, 0.5) is 5.69 Å². The van der Waals surface area contributed by atoms with Gasteiger partial charge >= 0.3 is 0 Å². The lowest BCUT2D eigenvalue weighted by molar-refractivity contribution is 0.0995. The number of hydrogen-bond donors (Lipinski definition) is 1. The number of rotatable bonds is 4. The van der Waals surface area contributed by atoms with Crippen LogP contribution in [0, 0.1) is 0 Å². The molecule has 120 valence electrons. The van der Waals surface area contributed by atoms with E-state index in [9.17, 15) is 9.59 Å². The number of halogens is 1. The summed E-state index contributed by atoms with van der Waals surface area (Å²) >= 11 is 6.13. The van der Waals surface area contributed by atoms with Gasteiger partial charge in [0.2, 0.25) is 0 Å². The SMILES string of the molecule is CC(=O)c1ccc(NC(=O)c2ccc(-c3ccccc3Cl)o2)cc1. The van der Waals surface area contributed by atoms with Crippen LogP contribution in [0.15, 0.2) is 65.1 Å². The molecule has 1 aromatic heterocycles. The normalized spacial score (nSPS) is 10.4. The minimum Gasteiger partial charge on any atom is -0.451 e. The molecule has 3 rings (SSSR count). The molecule has 0 aliphatic rings. The summed E-state index contributed by atoms with van der Waals surface area (Å²) in [5, 5.41) is 3.28. The maximum atomic E-state index is 12.3. The Morgan fingerprint density at radius 1 is 0.958 bits per heavy atom. The number of carbonyl (C=O) groups is 2. The predicted molar refractivity (Wildman–Crippen MR) is 93.6 cm³/mol. The molecule has 5 heteroatoms. The summed E-state index contributed by atoms with van der Waals surface area (Å²) in [7, 11) is 0. The average Bonchev–Trinajstić information content (AvgIpc) is 3.05. The highest BCUT2D eigenvalue weighted by atomic mass is 35.5. The Balaban J connectivity index is 1.76. The van der Waals surface area contributed by atoms with Gasteiger partial charge in [-0.3, -0.25) is 9.59 Å². The number of amides is 1. The molecule has 0 saturated carbocycles. The second-order valence-electron chi connectivity index (χ2n) is 5.23. The third-order valence-electron chi connectivity index (χ3n) is 3.52. The van der Waals surface area contributed by atoms with E-state index in [-0.39, 0.29) is 17.5 Å². The minimum atomic E-state index is -0.371. The molecule has 1 amide bonds. The van der Waals surface area contributed by atoms with Crippen LogP contribution < -0.4 is 5.32 Å². The van der Waals surface area contributed by atoms with Crippen molar-refractivity contribution in [2.75, 3.05) is 5.32 Å². The number of nitrogens with one attached hydrogen (secondary N) is 1. The van der Waals surface area contributed by atoms with Gasteiger partial charge in [0.25, 0.3) is 5.91 Å². The Morgan fingerprint density at radius 3 is 2.33 bits per heavy atom. The van der Waals surface area contributed by atoms with E-state index < -0.39 is 0 Å². The molecule has 0 radical (unpaired) electrons. The van der Waals surface area contributed by atoms with Gasteiger partial charge in [-0.2, -0.15) is 0 Å². The molecule has 0 bridgehead atoms. The van der Waals surface area contributed by atoms with E-state index >= 15 is 0 Å². The standard InChI is InChI=1S/C19H14ClNO3/c1-12(22)13-6-8-14(9-7-13)21-19(23)18-11-10-17(24-18)15-4-2-3-5-16(15)20/h2-11H,1H3,(H,21,23). The van der Waals surface area contributed by atoms with E-state index in [1.165, 1.54) is 6.92 Å². The van der Waals surface area contributed by atoms with Crippen molar-refractivity contribution in [3.63, 3.8) is 0 Å². The molecule has 1 heterocycles. The zero-order valence-electron chi connectivity index (χ0n) is 12.9. The Labute approximate surface area is 144 Å². The monoisotopic (exact) mass is 339 g/mol. The second kappa shape index (κ2) is 6.72. The number of anilines is 1. The van der Waals surface area contributed by atoms with E-state index in [0.717, 1.165) is 5.56 Å². The lowest BCUT2D eigenvalue weighted by Gasteiger charge is -2.04. The van der Waals surface area contributed by atoms with Crippen molar-refractivity contribution in [1.29, 1.82) is 0 Å². The summed E-state index contributed by atoms with van der Waals surface area (Å²) in [4.78, 5) is 23.5. The van der Waals surface area contributed by atoms with Gasteiger partial charge in [-0.15, -0.1) is 0 Å². The fourth-order valence-corrected chi connectivity index (χ4v) is 2.48. The molecule has 24 heavy (non-hydrogen) atoms. The van der Waals surface area contributed by atoms with Gasteiger partial charge in [0.1, 0.15) is 5.76 Å². The molecule has 0 fully saturated rings. The number of Topliss-reactive ketones (excluding diaryl/α,β-unsaturated/α-hetero) is 1. The third-order valence-corrected chi connectivity index (χ3v) is 3.85. The lowest BCUT2D eigenvalue weighted by atomic mass is 10.1. The molecule has 0 spiro atoms. The van der Waals surface area contributed by atoms with Crippen LogP contribution in [-0.2, 0) is 0 Å². The van der Waals surface area contributed by atoms with Crippen molar-refractivity contribution in [3.05, 3.63) is 77.0 Å². The highest BCUT2D eigenvalue weighted by Gasteiger charge is 2.14. The molecule has 2 aromatic carbocycles. The number of hydrogen-bond acceptors (Lipinski definition) is 3. The minimum absolute atomic E-state index is 0.0247. The molecule has 0 unspecified atom stereocenters. The van der Waals surface area contributed by atoms with Gasteiger partial charge in [0.15, 0.2) is 11.5 Å². The fraction of sp³-hybridized carbons (Fsp3) is 0.0526. The van der Waals surface area contributed by atoms with Crippen molar-refractivity contribution in [2.24, 2.45) is 0 Å². The number of carbonyl (C=O) groups excluding carboxylic acids is 2. The molecule has 0 aliphatic carbocycles. The summed E-state index contributed by atoms with van der Waals surface area (Å²) in [6.45, 7) is 1.49. The molecule has 3 aromatic rings. The molecule has 1 N–H and O–H groups in total. The zero-order valence-corrected chi connectivity index (χ0v) is 13.6. The Kier molecular flexibility index (Phi) is 4.49. The molecule has 0 saturated heterocycles. The van der Waals surface area contributed by atoms with Crippen molar-refractivity contribution in [1.82, 2.24) is 0 Å². The van der Waals surface area contributed by atoms with Crippen LogP contribution in [0.1, 0.15) is 27.8 Å². The van der Waals surface area contributed by atoms with Crippen molar-refractivity contribution < 1.29 is 14.0 Å². The summed E-state index contributed by atoms with van der Waals surface area (Å²) in [6, 6.07) is 17.2. The first-order valence-electron chi connectivity index (χ1n) is 7.31. The highest BCUT2D eigenvalue weighted by molar-refractivity contribution is 6.33. The van der Waals surface area contributed by atoms with Crippen LogP contribution in [-0.4, -0.2) is 11.7 Å². The average molecular weight is 340 g/mol. The Morgan fingerprint density at radius 2 is 1.67 bits per heavy atom. The summed E-state index contributed by atoms with van der Waals surface area (Å²) < 4.78 is 5.60. The van der Waals surface area contributed by atoms with E-state index in [1.807, 2.05) is 18.2 Å². The summed E-state index contributed by atoms with van der Waals surface area (Å²) in [6.07, 6.45) is 0. The zero-order chi connectivity index (χ0) is 17.1. The third kappa shape index (κ3) is 3.39. The largest absolute Gasteiger partial charge is 0.451 e. The molecular formula is C19H14ClNO3. The van der Waals surface area contributed by atoms with Gasteiger partial charge in [-0.05, 0) is 55.5 Å². The Bertz CT molecular complexity index is 897. The maximum Gasteiger partial charge on any atom is 0.291 e. The molecule has 4 nitrogen and oxygen atoms in total. The summed E-state index contributed by atoms with van der Waals surface area (Å²) in [5.41, 5.74) is 1.90. The van der Waals surface area contributed by atoms with Gasteiger partial charge < -0.3 is 9.73 Å². The lowest BCUT2D eigenvalue weighted by Crippen LogP contribution is -2.10. The van der Waals surface area contributed by atoms with Crippen LogP contribution in [0.25, 0.3) is 11.3 Å². The van der Waals surface area contributed by atoms with Crippen molar-refractivity contribution in [2.45, 2.75) is 6.92 Å². The Hall–Kier alpha value is -2.85. The number of benzene rings is 2. The van der Waals surface area contributed by atoms with Crippen LogP contribution >= 0.6 is 11.6 Å². The first-order chi connectivity index (χ1) is 11.5. The molecular weight excluding hydrogens is 326 g/mol. The van der Waals surface area contributed by atoms with Crippen LogP contribution in [0.5, 0.6) is 0 Å². The van der Waals surface area contributed by atoms with Gasteiger partial charge in [-0.25, -0.2) is 0 Å². The van der Waals surface area contributed by atoms with E-state index in [2.05, 4.69) is 5.32 Å². The number of ketones is 1. The first kappa shape index (κ1) is 16.0. The predicted octanol–water partition coefficient (Wildman–Crippen LogP) is 5.05. The van der Waals surface area contributed by atoms with E-state index in [1.54, 1.807) is 42.5 Å². The van der Waals surface area contributed by atoms with Gasteiger partial charge in [0, 0.05) is 16.8 Å². The fourth-order valence-electron chi connectivity index (χ4n) is 2.25. The van der Waals surface area contributed by atoms with Crippen molar-refractivity contribution >= 4 is 29.0 Å². The first-order valence-corrected chi connectivity index (χ1v) is 7.69. The second-order valence-corrected chi connectivity index (χ2v) is 5.64. The summed E-state index contributed by atoms with van der Waals surface area (Å²) in [5.74, 6) is 0.311. The highest BCUT2D eigenvalue weighted by Crippen LogP contribution is 2.29. The smallest absolute Gasteiger partial charge is 0.291 e. The van der Waals surface area contributed by atoms with Crippen molar-refractivity contribution in [3.8, 4) is 11.3 Å². The van der Waals surface area contributed by atoms with Crippen LogP contribution in [0.2, 0.25) is 5.02 Å². The van der Waals surface area contributed by atoms with Crippen LogP contribution in [0.3, 0.4) is 0 Å². The number of furan rings is 1. The van der Waals surface area contributed by atoms with Gasteiger partial charge in [-0.1, -0.05) is 23.7 Å². The van der Waals surface area contributed by atoms with E-state index in [0.29, 0.717) is 22.0 Å². The van der Waals surface area contributed by atoms with E-state index in [4.69, 9.17) is 16.0 Å². The molecule has 0 aliphatic heterocycles. The van der Waals surface area contributed by atoms with Gasteiger partial charge in [0.05, 0.1) is 5.02 Å².